The van der Waals surface area contributed by atoms with Gasteiger partial charge in [0.1, 0.15) is 0 Å². The van der Waals surface area contributed by atoms with Crippen molar-refractivity contribution < 1.29 is 14.3 Å². The molecule has 2 rings (SSSR count). The van der Waals surface area contributed by atoms with Gasteiger partial charge in [-0.25, -0.2) is 4.79 Å². The summed E-state index contributed by atoms with van der Waals surface area (Å²) in [7, 11) is -2.50. The van der Waals surface area contributed by atoms with Gasteiger partial charge in [-0.05, 0) is 41.1 Å². The van der Waals surface area contributed by atoms with Crippen LogP contribution >= 0.6 is 0 Å². The Morgan fingerprint density at radius 1 is 1.03 bits per heavy atom. The summed E-state index contributed by atoms with van der Waals surface area (Å²) >= 11 is 0. The quantitative estimate of drug-likeness (QED) is 0.467. The van der Waals surface area contributed by atoms with Gasteiger partial charge in [0.15, 0.2) is 0 Å². The first-order valence-electron chi connectivity index (χ1n) is 10.3. The predicted molar refractivity (Wildman–Crippen MR) is 123 cm³/mol. The number of rotatable bonds is 9. The molecule has 0 bridgehead atoms. The second-order valence-electron chi connectivity index (χ2n) is 8.85. The molecule has 2 aromatic rings. The van der Waals surface area contributed by atoms with Crippen molar-refractivity contribution >= 4 is 24.7 Å². The third-order valence-electron chi connectivity index (χ3n) is 5.45. The zero-order chi connectivity index (χ0) is 21.5. The summed E-state index contributed by atoms with van der Waals surface area (Å²) in [5, 5.41) is 11.5. The first kappa shape index (κ1) is 23.1. The van der Waals surface area contributed by atoms with E-state index >= 15 is 0 Å². The molecule has 0 aliphatic heterocycles. The van der Waals surface area contributed by atoms with Crippen LogP contribution in [-0.4, -0.2) is 26.0 Å². The van der Waals surface area contributed by atoms with Gasteiger partial charge in [-0.15, -0.1) is 0 Å². The van der Waals surface area contributed by atoms with E-state index in [2.05, 4.69) is 88.4 Å². The van der Waals surface area contributed by atoms with Crippen LogP contribution in [0.1, 0.15) is 47.5 Å². The number of aliphatic carboxylic acids is 1. The molecule has 0 aliphatic rings. The third kappa shape index (κ3) is 5.68. The van der Waals surface area contributed by atoms with E-state index in [-0.39, 0.29) is 5.04 Å². The number of carboxylic acids is 1. The molecule has 0 heterocycles. The van der Waals surface area contributed by atoms with E-state index in [1.165, 1.54) is 10.4 Å². The van der Waals surface area contributed by atoms with Gasteiger partial charge >= 0.3 is 5.97 Å². The second kappa shape index (κ2) is 10.0. The molecule has 0 spiro atoms. The molecule has 1 N–H and O–H groups in total. The minimum atomic E-state index is -2.50. The highest BCUT2D eigenvalue weighted by Gasteiger charge is 2.50. The molecule has 0 unspecified atom stereocenters. The van der Waals surface area contributed by atoms with E-state index in [4.69, 9.17) is 9.53 Å². The van der Waals surface area contributed by atoms with Crippen LogP contribution in [0.2, 0.25) is 5.04 Å². The van der Waals surface area contributed by atoms with Gasteiger partial charge in [-0.1, -0.05) is 94.4 Å². The average molecular weight is 411 g/mol. The lowest BCUT2D eigenvalue weighted by Crippen LogP contribution is -2.66. The number of benzene rings is 2. The lowest BCUT2D eigenvalue weighted by atomic mass is 10.1. The van der Waals surface area contributed by atoms with E-state index in [1.807, 2.05) is 6.08 Å². The fourth-order valence-corrected chi connectivity index (χ4v) is 8.47. The molecule has 0 fully saturated rings. The molecular weight excluding hydrogens is 376 g/mol. The van der Waals surface area contributed by atoms with E-state index in [9.17, 15) is 4.79 Å². The highest BCUT2D eigenvalue weighted by molar-refractivity contribution is 6.99. The normalized spacial score (nSPS) is 13.9. The Labute approximate surface area is 176 Å². The maximum Gasteiger partial charge on any atom is 0.330 e. The van der Waals surface area contributed by atoms with Crippen molar-refractivity contribution in [3.05, 3.63) is 72.3 Å². The molecule has 1 atom stereocenters. The minimum Gasteiger partial charge on any atom is -0.478 e. The van der Waals surface area contributed by atoms with Crippen LogP contribution in [0.3, 0.4) is 0 Å². The average Bonchev–Trinajstić information content (AvgIpc) is 2.69. The molecule has 4 heteroatoms. The van der Waals surface area contributed by atoms with Gasteiger partial charge in [-0.3, -0.25) is 0 Å². The largest absolute Gasteiger partial charge is 0.478 e. The minimum absolute atomic E-state index is 0.0325. The monoisotopic (exact) mass is 410 g/mol. The molecule has 156 valence electrons. The van der Waals surface area contributed by atoms with Gasteiger partial charge in [0.25, 0.3) is 8.32 Å². The Kier molecular flexibility index (Phi) is 8.00. The lowest BCUT2D eigenvalue weighted by Gasteiger charge is -2.43. The predicted octanol–water partition coefficient (Wildman–Crippen LogP) is 5.01. The van der Waals surface area contributed by atoms with Crippen LogP contribution < -0.4 is 10.4 Å². The number of carbonyl (C=O) groups is 1. The fourth-order valence-electron chi connectivity index (χ4n) is 3.78. The summed E-state index contributed by atoms with van der Waals surface area (Å²) in [5.74, 6) is -0.504. The smallest absolute Gasteiger partial charge is 0.330 e. The Morgan fingerprint density at radius 2 is 1.52 bits per heavy atom. The molecule has 0 saturated heterocycles. The van der Waals surface area contributed by atoms with Crippen molar-refractivity contribution in [2.24, 2.45) is 5.92 Å². The maximum absolute atomic E-state index is 11.0. The standard InChI is InChI=1S/C25H34O3Si/c1-20(13-12-14-21(2)24(26)27)19-28-29(25(3,4)5,22-15-8-6-9-16-22)23-17-10-7-11-18-23/h6-11,14-18,20H,12-13,19H2,1-5H3,(H,26,27)/b21-14+/t20-/m0/s1. The van der Waals surface area contributed by atoms with Crippen LogP contribution in [0.4, 0.5) is 0 Å². The van der Waals surface area contributed by atoms with Crippen molar-refractivity contribution in [3.63, 3.8) is 0 Å². The number of allylic oxidation sites excluding steroid dienone is 1. The summed E-state index contributed by atoms with van der Waals surface area (Å²) < 4.78 is 6.93. The van der Waals surface area contributed by atoms with Crippen LogP contribution in [0, 0.1) is 5.92 Å². The topological polar surface area (TPSA) is 46.5 Å². The van der Waals surface area contributed by atoms with Crippen molar-refractivity contribution in [2.75, 3.05) is 6.61 Å². The summed E-state index contributed by atoms with van der Waals surface area (Å²) in [6, 6.07) is 21.3. The molecule has 29 heavy (non-hydrogen) atoms. The van der Waals surface area contributed by atoms with Crippen molar-refractivity contribution in [1.29, 1.82) is 0 Å². The second-order valence-corrected chi connectivity index (χ2v) is 13.2. The summed E-state index contributed by atoms with van der Waals surface area (Å²) in [6.07, 6.45) is 3.47. The van der Waals surface area contributed by atoms with Crippen LogP contribution in [-0.2, 0) is 9.22 Å². The molecule has 0 aromatic heterocycles. The van der Waals surface area contributed by atoms with Crippen molar-refractivity contribution in [2.45, 2.75) is 52.5 Å². The lowest BCUT2D eigenvalue weighted by molar-refractivity contribution is -0.132. The first-order chi connectivity index (χ1) is 13.7. The summed E-state index contributed by atoms with van der Waals surface area (Å²) in [4.78, 5) is 11.0. The van der Waals surface area contributed by atoms with E-state index < -0.39 is 14.3 Å². The summed E-state index contributed by atoms with van der Waals surface area (Å²) in [5.41, 5.74) is 0.408. The zero-order valence-electron chi connectivity index (χ0n) is 18.3. The van der Waals surface area contributed by atoms with Crippen LogP contribution in [0.5, 0.6) is 0 Å². The highest BCUT2D eigenvalue weighted by Crippen LogP contribution is 2.37. The number of hydrogen-bond donors (Lipinski definition) is 1. The highest BCUT2D eigenvalue weighted by atomic mass is 28.4. The van der Waals surface area contributed by atoms with Gasteiger partial charge < -0.3 is 9.53 Å². The van der Waals surface area contributed by atoms with E-state index in [0.717, 1.165) is 12.8 Å². The number of hydrogen-bond acceptors (Lipinski definition) is 2. The number of carboxylic acid groups (broad SMARTS) is 1. The van der Waals surface area contributed by atoms with E-state index in [1.54, 1.807) is 6.92 Å². The fraction of sp³-hybridized carbons (Fsp3) is 0.400. The molecule has 0 aliphatic carbocycles. The Balaban J connectivity index is 2.29. The van der Waals surface area contributed by atoms with Gasteiger partial charge in [0.05, 0.1) is 0 Å². The Hall–Kier alpha value is -2.17. The van der Waals surface area contributed by atoms with E-state index in [0.29, 0.717) is 18.1 Å². The Bertz CT molecular complexity index is 767. The van der Waals surface area contributed by atoms with Gasteiger partial charge in [0, 0.05) is 12.2 Å². The maximum atomic E-state index is 11.0. The van der Waals surface area contributed by atoms with Gasteiger partial charge in [-0.2, -0.15) is 0 Å². The Morgan fingerprint density at radius 3 is 1.93 bits per heavy atom. The molecule has 3 nitrogen and oxygen atoms in total. The molecule has 0 amide bonds. The van der Waals surface area contributed by atoms with Crippen LogP contribution in [0.15, 0.2) is 72.3 Å². The SMILES string of the molecule is C/C(=C\CC[C@H](C)CO[Si](c1ccccc1)(c1ccccc1)C(C)(C)C)C(=O)O. The molecule has 2 aromatic carbocycles. The molecule has 0 saturated carbocycles. The van der Waals surface area contributed by atoms with Crippen LogP contribution in [0.25, 0.3) is 0 Å². The first-order valence-corrected chi connectivity index (χ1v) is 12.2. The zero-order valence-corrected chi connectivity index (χ0v) is 19.3. The van der Waals surface area contributed by atoms with Crippen molar-refractivity contribution in [3.8, 4) is 0 Å². The molecule has 0 radical (unpaired) electrons. The van der Waals surface area contributed by atoms with Gasteiger partial charge in [0.2, 0.25) is 0 Å². The molecular formula is C25H34O3Si. The van der Waals surface area contributed by atoms with Crippen molar-refractivity contribution in [1.82, 2.24) is 0 Å². The third-order valence-corrected chi connectivity index (χ3v) is 10.5. The summed E-state index contributed by atoms with van der Waals surface area (Å²) in [6.45, 7) is 11.3.